The summed E-state index contributed by atoms with van der Waals surface area (Å²) in [6, 6.07) is 8.40. The number of aliphatic imine (C=N–C) groups is 1. The van der Waals surface area contributed by atoms with Crippen molar-refractivity contribution in [2.75, 3.05) is 11.9 Å². The molecular weight excluding hydrogens is 286 g/mol. The monoisotopic (exact) mass is 313 g/mol. The fourth-order valence-electron chi connectivity index (χ4n) is 2.40. The van der Waals surface area contributed by atoms with Crippen molar-refractivity contribution in [1.29, 1.82) is 0 Å². The standard InChI is InChI=1S/C18H27N5/c1-4-14(2)16-7-9-17(10-8-16)22-18(19)20-11-5-6-15-12-21-23(3)13-15/h7-10,12-14H,4-6,11H2,1-3H3,(H3,19,20,22)/t14-/m0/s1. The molecule has 124 valence electrons. The largest absolute Gasteiger partial charge is 0.370 e. The van der Waals surface area contributed by atoms with Crippen molar-refractivity contribution < 1.29 is 0 Å². The topological polar surface area (TPSA) is 68.2 Å². The highest BCUT2D eigenvalue weighted by atomic mass is 15.2. The Balaban J connectivity index is 1.77. The number of nitrogens with one attached hydrogen (secondary N) is 1. The van der Waals surface area contributed by atoms with Crippen LogP contribution < -0.4 is 11.1 Å². The molecule has 5 heteroatoms. The highest BCUT2D eigenvalue weighted by Crippen LogP contribution is 2.20. The van der Waals surface area contributed by atoms with E-state index in [4.69, 9.17) is 5.73 Å². The quantitative estimate of drug-likeness (QED) is 0.468. The van der Waals surface area contributed by atoms with Crippen molar-refractivity contribution in [3.8, 4) is 0 Å². The van der Waals surface area contributed by atoms with Gasteiger partial charge in [0.25, 0.3) is 0 Å². The average molecular weight is 313 g/mol. The zero-order valence-corrected chi connectivity index (χ0v) is 14.3. The van der Waals surface area contributed by atoms with E-state index in [1.807, 2.05) is 24.1 Å². The van der Waals surface area contributed by atoms with E-state index in [0.717, 1.165) is 24.9 Å². The summed E-state index contributed by atoms with van der Waals surface area (Å²) in [4.78, 5) is 4.37. The van der Waals surface area contributed by atoms with Gasteiger partial charge in [0.15, 0.2) is 5.96 Å². The van der Waals surface area contributed by atoms with E-state index in [0.29, 0.717) is 18.4 Å². The van der Waals surface area contributed by atoms with Crippen LogP contribution in [0, 0.1) is 0 Å². The molecule has 0 saturated heterocycles. The van der Waals surface area contributed by atoms with E-state index in [9.17, 15) is 0 Å². The molecule has 1 heterocycles. The fourth-order valence-corrected chi connectivity index (χ4v) is 2.40. The van der Waals surface area contributed by atoms with Crippen LogP contribution in [0.25, 0.3) is 0 Å². The average Bonchev–Trinajstić information content (AvgIpc) is 2.97. The molecule has 0 aliphatic carbocycles. The Hall–Kier alpha value is -2.30. The van der Waals surface area contributed by atoms with Crippen molar-refractivity contribution in [3.05, 3.63) is 47.8 Å². The molecule has 0 fully saturated rings. The number of aryl methyl sites for hydroxylation is 2. The number of hydrogen-bond donors (Lipinski definition) is 2. The SMILES string of the molecule is CC[C@H](C)c1ccc(NC(N)=NCCCc2cnn(C)c2)cc1. The number of benzene rings is 1. The lowest BCUT2D eigenvalue weighted by Crippen LogP contribution is -2.22. The molecular formula is C18H27N5. The van der Waals surface area contributed by atoms with Crippen LogP contribution >= 0.6 is 0 Å². The Labute approximate surface area is 138 Å². The van der Waals surface area contributed by atoms with Gasteiger partial charge in [-0.15, -0.1) is 0 Å². The molecule has 2 aromatic rings. The fraction of sp³-hybridized carbons (Fsp3) is 0.444. The first-order chi connectivity index (χ1) is 11.1. The predicted octanol–water partition coefficient (Wildman–Crippen LogP) is 3.29. The van der Waals surface area contributed by atoms with Crippen molar-refractivity contribution >= 4 is 11.6 Å². The molecule has 1 aromatic heterocycles. The number of rotatable bonds is 7. The maximum Gasteiger partial charge on any atom is 0.193 e. The second kappa shape index (κ2) is 8.36. The van der Waals surface area contributed by atoms with Crippen LogP contribution in [0.15, 0.2) is 41.7 Å². The van der Waals surface area contributed by atoms with Crippen molar-refractivity contribution in [3.63, 3.8) is 0 Å². The molecule has 23 heavy (non-hydrogen) atoms. The molecule has 0 saturated carbocycles. The summed E-state index contributed by atoms with van der Waals surface area (Å²) in [5.74, 6) is 1.05. The first kappa shape index (κ1) is 17.1. The summed E-state index contributed by atoms with van der Waals surface area (Å²) in [5, 5.41) is 7.30. The first-order valence-corrected chi connectivity index (χ1v) is 8.23. The minimum atomic E-state index is 0.465. The van der Waals surface area contributed by atoms with Gasteiger partial charge in [-0.2, -0.15) is 5.10 Å². The molecule has 3 N–H and O–H groups in total. The van der Waals surface area contributed by atoms with Gasteiger partial charge in [-0.05, 0) is 48.4 Å². The molecule has 0 aliphatic heterocycles. The lowest BCUT2D eigenvalue weighted by atomic mass is 9.99. The van der Waals surface area contributed by atoms with Gasteiger partial charge < -0.3 is 11.1 Å². The van der Waals surface area contributed by atoms with Gasteiger partial charge >= 0.3 is 0 Å². The highest BCUT2D eigenvalue weighted by Gasteiger charge is 2.02. The number of nitrogens with two attached hydrogens (primary N) is 1. The van der Waals surface area contributed by atoms with Crippen LogP contribution in [0.5, 0.6) is 0 Å². The van der Waals surface area contributed by atoms with Crippen LogP contribution in [0.1, 0.15) is 43.7 Å². The predicted molar refractivity (Wildman–Crippen MR) is 96.8 cm³/mol. The third-order valence-corrected chi connectivity index (χ3v) is 4.03. The number of aromatic nitrogens is 2. The van der Waals surface area contributed by atoms with Crippen LogP contribution in [0.2, 0.25) is 0 Å². The van der Waals surface area contributed by atoms with Crippen molar-refractivity contribution in [2.24, 2.45) is 17.8 Å². The zero-order chi connectivity index (χ0) is 16.7. The van der Waals surface area contributed by atoms with E-state index in [2.05, 4.69) is 53.5 Å². The second-order valence-corrected chi connectivity index (χ2v) is 5.95. The van der Waals surface area contributed by atoms with Gasteiger partial charge in [-0.1, -0.05) is 26.0 Å². The Morgan fingerprint density at radius 3 is 2.70 bits per heavy atom. The number of nitrogens with zero attached hydrogens (tertiary/aromatic N) is 3. The van der Waals surface area contributed by atoms with Crippen molar-refractivity contribution in [2.45, 2.75) is 39.0 Å². The number of hydrogen-bond acceptors (Lipinski definition) is 2. The Bertz CT molecular complexity index is 627. The molecule has 0 aliphatic rings. The van der Waals surface area contributed by atoms with Crippen LogP contribution in [-0.4, -0.2) is 22.3 Å². The van der Waals surface area contributed by atoms with E-state index >= 15 is 0 Å². The Morgan fingerprint density at radius 2 is 2.09 bits per heavy atom. The van der Waals surface area contributed by atoms with Crippen molar-refractivity contribution in [1.82, 2.24) is 9.78 Å². The first-order valence-electron chi connectivity index (χ1n) is 8.23. The minimum Gasteiger partial charge on any atom is -0.370 e. The maximum absolute atomic E-state index is 5.94. The van der Waals surface area contributed by atoms with Gasteiger partial charge in [0.05, 0.1) is 6.20 Å². The highest BCUT2D eigenvalue weighted by molar-refractivity contribution is 5.92. The van der Waals surface area contributed by atoms with Gasteiger partial charge in [0, 0.05) is 25.5 Å². The molecule has 2 rings (SSSR count). The minimum absolute atomic E-state index is 0.465. The van der Waals surface area contributed by atoms with Crippen LogP contribution in [-0.2, 0) is 13.5 Å². The van der Waals surface area contributed by atoms with E-state index in [1.54, 1.807) is 0 Å². The summed E-state index contributed by atoms with van der Waals surface area (Å²) >= 11 is 0. The number of anilines is 1. The summed E-state index contributed by atoms with van der Waals surface area (Å²) in [6.45, 7) is 5.15. The summed E-state index contributed by atoms with van der Waals surface area (Å²) in [6.07, 6.45) is 7.00. The summed E-state index contributed by atoms with van der Waals surface area (Å²) in [5.41, 5.74) is 9.50. The lowest BCUT2D eigenvalue weighted by Gasteiger charge is -2.10. The van der Waals surface area contributed by atoms with Gasteiger partial charge in [-0.25, -0.2) is 0 Å². The summed E-state index contributed by atoms with van der Waals surface area (Å²) < 4.78 is 1.82. The Morgan fingerprint density at radius 1 is 1.35 bits per heavy atom. The van der Waals surface area contributed by atoms with Gasteiger partial charge in [0.2, 0.25) is 0 Å². The van der Waals surface area contributed by atoms with Crippen LogP contribution in [0.4, 0.5) is 5.69 Å². The maximum atomic E-state index is 5.94. The normalized spacial score (nSPS) is 13.1. The van der Waals surface area contributed by atoms with E-state index in [-0.39, 0.29) is 0 Å². The molecule has 0 spiro atoms. The molecule has 0 unspecified atom stereocenters. The smallest absolute Gasteiger partial charge is 0.193 e. The van der Waals surface area contributed by atoms with Crippen LogP contribution in [0.3, 0.4) is 0 Å². The molecule has 0 bridgehead atoms. The van der Waals surface area contributed by atoms with E-state index in [1.165, 1.54) is 11.1 Å². The molecule has 1 aromatic carbocycles. The summed E-state index contributed by atoms with van der Waals surface area (Å²) in [7, 11) is 1.93. The second-order valence-electron chi connectivity index (χ2n) is 5.95. The molecule has 1 atom stereocenters. The van der Waals surface area contributed by atoms with E-state index < -0.39 is 0 Å². The lowest BCUT2D eigenvalue weighted by molar-refractivity contribution is 0.734. The van der Waals surface area contributed by atoms with Gasteiger partial charge in [0.1, 0.15) is 0 Å². The zero-order valence-electron chi connectivity index (χ0n) is 14.3. The third-order valence-electron chi connectivity index (χ3n) is 4.03. The molecule has 0 amide bonds. The third kappa shape index (κ3) is 5.43. The molecule has 0 radical (unpaired) electrons. The van der Waals surface area contributed by atoms with Gasteiger partial charge in [-0.3, -0.25) is 9.67 Å². The Kier molecular flexibility index (Phi) is 6.20. The molecule has 5 nitrogen and oxygen atoms in total. The number of guanidine groups is 1.